The van der Waals surface area contributed by atoms with E-state index in [9.17, 15) is 9.59 Å². The highest BCUT2D eigenvalue weighted by Crippen LogP contribution is 2.32. The molecule has 4 nitrogen and oxygen atoms in total. The Labute approximate surface area is 145 Å². The summed E-state index contributed by atoms with van der Waals surface area (Å²) in [5.41, 5.74) is 1.07. The van der Waals surface area contributed by atoms with E-state index in [0.717, 1.165) is 42.3 Å². The quantitative estimate of drug-likeness (QED) is 0.873. The summed E-state index contributed by atoms with van der Waals surface area (Å²) in [4.78, 5) is 26.7. The van der Waals surface area contributed by atoms with Crippen molar-refractivity contribution in [1.29, 1.82) is 0 Å². The molecular weight excluding hydrogens is 356 g/mol. The Morgan fingerprint density at radius 2 is 1.96 bits per heavy atom. The van der Waals surface area contributed by atoms with Crippen LogP contribution >= 0.6 is 15.9 Å². The molecule has 0 bridgehead atoms. The highest BCUT2D eigenvalue weighted by atomic mass is 79.9. The Kier molecular flexibility index (Phi) is 5.05. The lowest BCUT2D eigenvalue weighted by Crippen LogP contribution is -2.46. The molecule has 1 saturated heterocycles. The van der Waals surface area contributed by atoms with Gasteiger partial charge in [0.1, 0.15) is 0 Å². The average molecular weight is 379 g/mol. The molecule has 2 atom stereocenters. The van der Waals surface area contributed by atoms with Crippen LogP contribution in [-0.4, -0.2) is 29.8 Å². The highest BCUT2D eigenvalue weighted by Gasteiger charge is 2.36. The third-order valence-corrected chi connectivity index (χ3v) is 5.48. The first-order valence-corrected chi connectivity index (χ1v) is 9.19. The number of benzene rings is 1. The summed E-state index contributed by atoms with van der Waals surface area (Å²) in [5, 5.41) is 3.10. The summed E-state index contributed by atoms with van der Waals surface area (Å²) in [5.74, 6) is 0.454. The number of rotatable bonds is 4. The van der Waals surface area contributed by atoms with Gasteiger partial charge >= 0.3 is 0 Å². The number of nitrogens with zero attached hydrogens (tertiary/aromatic N) is 1. The topological polar surface area (TPSA) is 49.4 Å². The zero-order valence-electron chi connectivity index (χ0n) is 13.4. The van der Waals surface area contributed by atoms with Crippen LogP contribution in [0.5, 0.6) is 0 Å². The van der Waals surface area contributed by atoms with Gasteiger partial charge in [-0.25, -0.2) is 0 Å². The first-order chi connectivity index (χ1) is 11.1. The second-order valence-corrected chi connectivity index (χ2v) is 7.50. The van der Waals surface area contributed by atoms with Crippen molar-refractivity contribution < 1.29 is 9.59 Å². The maximum Gasteiger partial charge on any atom is 0.225 e. The maximum absolute atomic E-state index is 12.6. The SMILES string of the molecule is C[C@@H](NC(=O)[C@H]1CCCN(C(=O)C2CC2)C1)c1ccccc1Br. The van der Waals surface area contributed by atoms with E-state index in [1.807, 2.05) is 36.1 Å². The van der Waals surface area contributed by atoms with Crippen LogP contribution in [0.4, 0.5) is 0 Å². The van der Waals surface area contributed by atoms with E-state index in [4.69, 9.17) is 0 Å². The van der Waals surface area contributed by atoms with Crippen LogP contribution in [0.15, 0.2) is 28.7 Å². The summed E-state index contributed by atoms with van der Waals surface area (Å²) < 4.78 is 1.00. The lowest BCUT2D eigenvalue weighted by atomic mass is 9.96. The van der Waals surface area contributed by atoms with Gasteiger partial charge in [-0.2, -0.15) is 0 Å². The molecule has 3 rings (SSSR count). The average Bonchev–Trinajstić information content (AvgIpc) is 3.39. The number of piperidine rings is 1. The lowest BCUT2D eigenvalue weighted by Gasteiger charge is -2.33. The van der Waals surface area contributed by atoms with Crippen LogP contribution in [0.1, 0.15) is 44.2 Å². The maximum atomic E-state index is 12.6. The zero-order valence-corrected chi connectivity index (χ0v) is 15.0. The summed E-state index contributed by atoms with van der Waals surface area (Å²) in [6.07, 6.45) is 3.82. The van der Waals surface area contributed by atoms with Crippen molar-refractivity contribution in [3.63, 3.8) is 0 Å². The van der Waals surface area contributed by atoms with Crippen LogP contribution in [0, 0.1) is 11.8 Å². The molecule has 1 aliphatic carbocycles. The molecule has 1 aromatic rings. The summed E-state index contributed by atoms with van der Waals surface area (Å²) in [6.45, 7) is 3.37. The van der Waals surface area contributed by atoms with Crippen LogP contribution in [0.25, 0.3) is 0 Å². The molecule has 2 fully saturated rings. The fourth-order valence-electron chi connectivity index (χ4n) is 3.22. The van der Waals surface area contributed by atoms with Gasteiger partial charge in [0.2, 0.25) is 11.8 Å². The standard InChI is InChI=1S/C18H23BrN2O2/c1-12(15-6-2-3-7-16(15)19)20-17(22)14-5-4-10-21(11-14)18(23)13-8-9-13/h2-3,6-7,12-14H,4-5,8-11H2,1H3,(H,20,22)/t12-,14+/m1/s1. The van der Waals surface area contributed by atoms with Crippen molar-refractivity contribution in [3.8, 4) is 0 Å². The summed E-state index contributed by atoms with van der Waals surface area (Å²) >= 11 is 3.53. The fourth-order valence-corrected chi connectivity index (χ4v) is 3.84. The van der Waals surface area contributed by atoms with Crippen molar-refractivity contribution in [2.75, 3.05) is 13.1 Å². The first kappa shape index (κ1) is 16.5. The van der Waals surface area contributed by atoms with Gasteiger partial charge in [-0.3, -0.25) is 9.59 Å². The van der Waals surface area contributed by atoms with E-state index >= 15 is 0 Å². The molecule has 0 aromatic heterocycles. The Morgan fingerprint density at radius 1 is 1.22 bits per heavy atom. The Morgan fingerprint density at radius 3 is 2.65 bits per heavy atom. The van der Waals surface area contributed by atoms with Gasteiger partial charge in [-0.15, -0.1) is 0 Å². The molecule has 2 aliphatic rings. The van der Waals surface area contributed by atoms with Crippen LogP contribution in [0.3, 0.4) is 0 Å². The minimum atomic E-state index is -0.0867. The predicted octanol–water partition coefficient (Wildman–Crippen LogP) is 3.27. The van der Waals surface area contributed by atoms with Gasteiger partial charge in [0.05, 0.1) is 12.0 Å². The Balaban J connectivity index is 1.59. The summed E-state index contributed by atoms with van der Waals surface area (Å²) in [7, 11) is 0. The van der Waals surface area contributed by atoms with E-state index in [2.05, 4.69) is 21.2 Å². The van der Waals surface area contributed by atoms with Crippen molar-refractivity contribution in [3.05, 3.63) is 34.3 Å². The number of amides is 2. The predicted molar refractivity (Wildman–Crippen MR) is 92.7 cm³/mol. The van der Waals surface area contributed by atoms with Gasteiger partial charge in [-0.05, 0) is 44.2 Å². The van der Waals surface area contributed by atoms with Crippen molar-refractivity contribution in [1.82, 2.24) is 10.2 Å². The Bertz CT molecular complexity index is 600. The summed E-state index contributed by atoms with van der Waals surface area (Å²) in [6, 6.07) is 7.88. The molecule has 0 unspecified atom stereocenters. The number of nitrogens with one attached hydrogen (secondary N) is 1. The van der Waals surface area contributed by atoms with E-state index in [1.54, 1.807) is 0 Å². The molecule has 1 heterocycles. The third kappa shape index (κ3) is 3.94. The monoisotopic (exact) mass is 378 g/mol. The molecular formula is C18H23BrN2O2. The molecule has 5 heteroatoms. The minimum absolute atomic E-state index is 0.0485. The van der Waals surface area contributed by atoms with E-state index in [0.29, 0.717) is 6.54 Å². The van der Waals surface area contributed by atoms with Gasteiger partial charge in [0.25, 0.3) is 0 Å². The number of carbonyl (C=O) groups excluding carboxylic acids is 2. The number of likely N-dealkylation sites (tertiary alicyclic amines) is 1. The smallest absolute Gasteiger partial charge is 0.225 e. The second kappa shape index (κ2) is 7.04. The van der Waals surface area contributed by atoms with E-state index in [1.165, 1.54) is 0 Å². The molecule has 0 radical (unpaired) electrons. The normalized spacial score (nSPS) is 22.5. The molecule has 2 amide bonds. The van der Waals surface area contributed by atoms with Crippen molar-refractivity contribution >= 4 is 27.7 Å². The van der Waals surface area contributed by atoms with Gasteiger partial charge < -0.3 is 10.2 Å². The molecule has 0 spiro atoms. The van der Waals surface area contributed by atoms with E-state index < -0.39 is 0 Å². The van der Waals surface area contributed by atoms with Crippen LogP contribution in [0.2, 0.25) is 0 Å². The number of halogens is 1. The lowest BCUT2D eigenvalue weighted by molar-refractivity contribution is -0.137. The van der Waals surface area contributed by atoms with Crippen molar-refractivity contribution in [2.45, 2.75) is 38.6 Å². The second-order valence-electron chi connectivity index (χ2n) is 6.65. The molecule has 23 heavy (non-hydrogen) atoms. The zero-order chi connectivity index (χ0) is 16.4. The molecule has 1 aliphatic heterocycles. The van der Waals surface area contributed by atoms with E-state index in [-0.39, 0.29) is 29.7 Å². The molecule has 1 N–H and O–H groups in total. The molecule has 124 valence electrons. The van der Waals surface area contributed by atoms with Crippen LogP contribution in [-0.2, 0) is 9.59 Å². The minimum Gasteiger partial charge on any atom is -0.349 e. The Hall–Kier alpha value is -1.36. The largest absolute Gasteiger partial charge is 0.349 e. The number of carbonyl (C=O) groups is 2. The van der Waals surface area contributed by atoms with Crippen LogP contribution < -0.4 is 5.32 Å². The highest BCUT2D eigenvalue weighted by molar-refractivity contribution is 9.10. The first-order valence-electron chi connectivity index (χ1n) is 8.40. The van der Waals surface area contributed by atoms with Gasteiger partial charge in [0, 0.05) is 23.5 Å². The fraction of sp³-hybridized carbons (Fsp3) is 0.556. The van der Waals surface area contributed by atoms with Gasteiger partial charge in [-0.1, -0.05) is 34.1 Å². The number of hydrogen-bond donors (Lipinski definition) is 1. The van der Waals surface area contributed by atoms with Crippen molar-refractivity contribution in [2.24, 2.45) is 11.8 Å². The number of hydrogen-bond acceptors (Lipinski definition) is 2. The third-order valence-electron chi connectivity index (χ3n) is 4.76. The molecule has 1 saturated carbocycles. The molecule has 1 aromatic carbocycles. The van der Waals surface area contributed by atoms with Gasteiger partial charge in [0.15, 0.2) is 0 Å².